The number of hydrogen-bond acceptors (Lipinski definition) is 7. The van der Waals surface area contributed by atoms with E-state index in [2.05, 4.69) is 38.2 Å². The molecule has 0 saturated heterocycles. The van der Waals surface area contributed by atoms with E-state index < -0.39 is 26.5 Å². The lowest BCUT2D eigenvalue weighted by Gasteiger charge is -2.24. The van der Waals surface area contributed by atoms with Crippen molar-refractivity contribution in [2.45, 2.75) is 187 Å². The van der Waals surface area contributed by atoms with Gasteiger partial charge in [0, 0.05) is 12.8 Å². The lowest BCUT2D eigenvalue weighted by atomic mass is 10.1. The van der Waals surface area contributed by atoms with Crippen molar-refractivity contribution in [2.24, 2.45) is 0 Å². The highest BCUT2D eigenvalue weighted by atomic mass is 31.2. The van der Waals surface area contributed by atoms with Gasteiger partial charge < -0.3 is 18.9 Å². The van der Waals surface area contributed by atoms with Gasteiger partial charge >= 0.3 is 19.8 Å². The van der Waals surface area contributed by atoms with Crippen molar-refractivity contribution in [1.29, 1.82) is 0 Å². The smallest absolute Gasteiger partial charge is 0.462 e. The molecule has 0 fully saturated rings. The van der Waals surface area contributed by atoms with Gasteiger partial charge in [0.1, 0.15) is 19.8 Å². The summed E-state index contributed by atoms with van der Waals surface area (Å²) in [6.07, 6.45) is 36.4. The predicted molar refractivity (Wildman–Crippen MR) is 215 cm³/mol. The van der Waals surface area contributed by atoms with E-state index in [-0.39, 0.29) is 32.0 Å². The van der Waals surface area contributed by atoms with Gasteiger partial charge in [0.25, 0.3) is 0 Å². The number of likely N-dealkylation sites (N-methyl/N-ethyl adjacent to an activating group) is 1. The van der Waals surface area contributed by atoms with Gasteiger partial charge in [-0.1, -0.05) is 128 Å². The highest BCUT2D eigenvalue weighted by molar-refractivity contribution is 7.47. The van der Waals surface area contributed by atoms with Gasteiger partial charge in [-0.25, -0.2) is 4.57 Å². The van der Waals surface area contributed by atoms with Crippen molar-refractivity contribution < 1.29 is 42.1 Å². The second kappa shape index (κ2) is 35.2. The number of carbonyl (C=O) groups is 2. The van der Waals surface area contributed by atoms with Crippen LogP contribution >= 0.6 is 7.82 Å². The SMILES string of the molecule is CCCCCC/C=C\CCCCCCCCC(=O)OC[C@H](COP(=O)(O)OCC[N+](C)(C)C)OC(=O)CCCCCCCC/C=C\CCCCCC. The van der Waals surface area contributed by atoms with E-state index in [1.807, 2.05) is 21.1 Å². The monoisotopic (exact) mass is 759 g/mol. The molecule has 0 aliphatic heterocycles. The molecule has 2 atom stereocenters. The zero-order valence-electron chi connectivity index (χ0n) is 34.3. The Hall–Kier alpha value is -1.51. The number of rotatable bonds is 38. The Kier molecular flexibility index (Phi) is 34.2. The van der Waals surface area contributed by atoms with Crippen LogP contribution in [0.4, 0.5) is 0 Å². The van der Waals surface area contributed by atoms with Gasteiger partial charge in [-0.15, -0.1) is 0 Å². The molecule has 0 aromatic carbocycles. The maximum absolute atomic E-state index is 12.6. The number of carbonyl (C=O) groups excluding carboxylic acids is 2. The highest BCUT2D eigenvalue weighted by Crippen LogP contribution is 2.43. The summed E-state index contributed by atoms with van der Waals surface area (Å²) in [6.45, 7) is 4.38. The summed E-state index contributed by atoms with van der Waals surface area (Å²) in [7, 11) is 1.47. The van der Waals surface area contributed by atoms with Crippen molar-refractivity contribution in [3.05, 3.63) is 24.3 Å². The molecule has 0 rings (SSSR count). The quantitative estimate of drug-likeness (QED) is 0.0218. The molecule has 0 radical (unpaired) electrons. The number of esters is 2. The van der Waals surface area contributed by atoms with Crippen LogP contribution in [0.5, 0.6) is 0 Å². The number of quaternary nitrogens is 1. The van der Waals surface area contributed by atoms with E-state index in [0.717, 1.165) is 57.8 Å². The van der Waals surface area contributed by atoms with Gasteiger partial charge in [0.05, 0.1) is 27.7 Å². The van der Waals surface area contributed by atoms with Gasteiger partial charge in [-0.05, 0) is 64.2 Å². The molecular weight excluding hydrogens is 677 g/mol. The fourth-order valence-electron chi connectivity index (χ4n) is 5.59. The standard InChI is InChI=1S/C42H80NO8P/c1-6-8-10-12-14-16-18-20-22-24-26-28-30-32-34-41(44)48-38-40(39-50-52(46,47)49-37-36-43(3,4)5)51-42(45)35-33-31-29-27-25-23-21-19-17-15-13-11-9-7-2/h16-19,40H,6-15,20-39H2,1-5H3/p+1/b18-16-,19-17-/t40-/m1/s1. The molecule has 0 spiro atoms. The first-order chi connectivity index (χ1) is 25.0. The Morgan fingerprint density at radius 2 is 0.981 bits per heavy atom. The van der Waals surface area contributed by atoms with E-state index in [1.54, 1.807) is 0 Å². The number of hydrogen-bond donors (Lipinski definition) is 1. The number of ether oxygens (including phenoxy) is 2. The summed E-state index contributed by atoms with van der Waals surface area (Å²) in [4.78, 5) is 35.3. The number of nitrogens with zero attached hydrogens (tertiary/aromatic N) is 1. The van der Waals surface area contributed by atoms with Crippen LogP contribution in [-0.2, 0) is 32.7 Å². The molecule has 0 amide bonds. The average molecular weight is 759 g/mol. The second-order valence-corrected chi connectivity index (χ2v) is 16.8. The van der Waals surface area contributed by atoms with Crippen LogP contribution in [0.25, 0.3) is 0 Å². The van der Waals surface area contributed by atoms with Crippen LogP contribution in [-0.4, -0.2) is 74.9 Å². The van der Waals surface area contributed by atoms with Crippen molar-refractivity contribution in [2.75, 3.05) is 47.5 Å². The molecular formula is C42H81NO8P+. The second-order valence-electron chi connectivity index (χ2n) is 15.4. The van der Waals surface area contributed by atoms with Crippen LogP contribution in [0.15, 0.2) is 24.3 Å². The minimum Gasteiger partial charge on any atom is -0.462 e. The average Bonchev–Trinajstić information content (AvgIpc) is 3.09. The third-order valence-electron chi connectivity index (χ3n) is 8.95. The fraction of sp³-hybridized carbons (Fsp3) is 0.857. The molecule has 306 valence electrons. The van der Waals surface area contributed by atoms with Gasteiger partial charge in [-0.2, -0.15) is 0 Å². The first kappa shape index (κ1) is 50.5. The lowest BCUT2D eigenvalue weighted by Crippen LogP contribution is -2.37. The third-order valence-corrected chi connectivity index (χ3v) is 9.94. The van der Waals surface area contributed by atoms with E-state index in [9.17, 15) is 19.0 Å². The van der Waals surface area contributed by atoms with Crippen LogP contribution in [0.1, 0.15) is 181 Å². The number of phosphoric acid groups is 1. The van der Waals surface area contributed by atoms with E-state index in [0.29, 0.717) is 17.4 Å². The lowest BCUT2D eigenvalue weighted by molar-refractivity contribution is -0.870. The molecule has 0 saturated carbocycles. The maximum atomic E-state index is 12.6. The fourth-order valence-corrected chi connectivity index (χ4v) is 6.33. The van der Waals surface area contributed by atoms with Crippen LogP contribution < -0.4 is 0 Å². The molecule has 0 aliphatic rings. The maximum Gasteiger partial charge on any atom is 0.472 e. The van der Waals surface area contributed by atoms with Gasteiger partial charge in [0.2, 0.25) is 0 Å². The largest absolute Gasteiger partial charge is 0.472 e. The summed E-state index contributed by atoms with van der Waals surface area (Å²) < 4.78 is 34.2. The summed E-state index contributed by atoms with van der Waals surface area (Å²) in [6, 6.07) is 0. The summed E-state index contributed by atoms with van der Waals surface area (Å²) in [5.41, 5.74) is 0. The van der Waals surface area contributed by atoms with Crippen molar-refractivity contribution in [1.82, 2.24) is 0 Å². The summed E-state index contributed by atoms with van der Waals surface area (Å²) in [5.74, 6) is -0.811. The molecule has 9 nitrogen and oxygen atoms in total. The minimum atomic E-state index is -4.37. The topological polar surface area (TPSA) is 108 Å². The van der Waals surface area contributed by atoms with Gasteiger partial charge in [-0.3, -0.25) is 18.6 Å². The minimum absolute atomic E-state index is 0.0305. The van der Waals surface area contributed by atoms with Crippen molar-refractivity contribution in [3.63, 3.8) is 0 Å². The molecule has 10 heteroatoms. The highest BCUT2D eigenvalue weighted by Gasteiger charge is 2.27. The normalized spacial score (nSPS) is 13.9. The molecule has 1 unspecified atom stereocenters. The zero-order chi connectivity index (χ0) is 38.6. The zero-order valence-corrected chi connectivity index (χ0v) is 35.2. The van der Waals surface area contributed by atoms with Gasteiger partial charge in [0.15, 0.2) is 6.10 Å². The molecule has 1 N–H and O–H groups in total. The Bertz CT molecular complexity index is 949. The Morgan fingerprint density at radius 1 is 0.577 bits per heavy atom. The van der Waals surface area contributed by atoms with E-state index in [4.69, 9.17) is 18.5 Å². The number of unbranched alkanes of at least 4 members (excludes halogenated alkanes) is 20. The molecule has 0 aliphatic carbocycles. The molecule has 52 heavy (non-hydrogen) atoms. The van der Waals surface area contributed by atoms with E-state index >= 15 is 0 Å². The third kappa shape index (κ3) is 38.2. The summed E-state index contributed by atoms with van der Waals surface area (Å²) in [5, 5.41) is 0. The van der Waals surface area contributed by atoms with Crippen molar-refractivity contribution in [3.8, 4) is 0 Å². The van der Waals surface area contributed by atoms with Crippen molar-refractivity contribution >= 4 is 19.8 Å². The summed E-state index contributed by atoms with van der Waals surface area (Å²) >= 11 is 0. The Morgan fingerprint density at radius 3 is 1.42 bits per heavy atom. The first-order valence-corrected chi connectivity index (χ1v) is 22.6. The molecule has 0 aromatic rings. The first-order valence-electron chi connectivity index (χ1n) is 21.1. The Labute approximate surface area is 319 Å². The van der Waals surface area contributed by atoms with Crippen LogP contribution in [0.2, 0.25) is 0 Å². The predicted octanol–water partition coefficient (Wildman–Crippen LogP) is 11.6. The number of phosphoric ester groups is 1. The molecule has 0 bridgehead atoms. The number of allylic oxidation sites excluding steroid dienone is 4. The van der Waals surface area contributed by atoms with Crippen LogP contribution in [0.3, 0.4) is 0 Å². The van der Waals surface area contributed by atoms with Crippen LogP contribution in [0, 0.1) is 0 Å². The molecule has 0 aromatic heterocycles. The Balaban J connectivity index is 4.40. The van der Waals surface area contributed by atoms with E-state index in [1.165, 1.54) is 89.9 Å². The molecule has 0 heterocycles.